The van der Waals surface area contributed by atoms with Gasteiger partial charge in [-0.25, -0.2) is 0 Å². The summed E-state index contributed by atoms with van der Waals surface area (Å²) in [7, 11) is -4.31. The number of carboxylic acid groups (broad SMARTS) is 1. The van der Waals surface area contributed by atoms with Crippen LogP contribution < -0.4 is 5.11 Å². The van der Waals surface area contributed by atoms with Crippen molar-refractivity contribution >= 4 is 59.8 Å². The van der Waals surface area contributed by atoms with Crippen molar-refractivity contribution in [3.63, 3.8) is 0 Å². The first-order chi connectivity index (χ1) is 15.2. The number of aliphatic carboxylic acids is 1. The molecule has 0 spiro atoms. The molecule has 0 aliphatic rings. The van der Waals surface area contributed by atoms with Gasteiger partial charge in [0.1, 0.15) is 11.4 Å². The molecule has 0 radical (unpaired) electrons. The second kappa shape index (κ2) is 22.6. The zero-order chi connectivity index (χ0) is 24.2. The number of carbonyl (C=O) groups excluding carboxylic acids is 2. The van der Waals surface area contributed by atoms with Crippen LogP contribution in [0.3, 0.4) is 0 Å². The molecule has 1 N–H and O–H groups in total. The number of hydrogen-bond donors (Lipinski definition) is 1. The molecule has 0 amide bonds. The van der Waals surface area contributed by atoms with E-state index < -0.39 is 33.4 Å². The fraction of sp³-hybridized carbons (Fsp3) is 0.917. The molecule has 9 heteroatoms. The van der Waals surface area contributed by atoms with E-state index in [0.717, 1.165) is 38.5 Å². The smallest absolute Gasteiger partial charge is 0.550 e. The van der Waals surface area contributed by atoms with Gasteiger partial charge in [-0.1, -0.05) is 84.5 Å². The molecule has 7 nitrogen and oxygen atoms in total. The molecule has 33 heavy (non-hydrogen) atoms. The van der Waals surface area contributed by atoms with Gasteiger partial charge >= 0.3 is 43.7 Å². The normalized spacial score (nSPS) is 13.2. The van der Waals surface area contributed by atoms with Crippen LogP contribution in [0, 0.1) is 0 Å². The molecule has 0 aromatic rings. The van der Waals surface area contributed by atoms with E-state index in [4.69, 9.17) is 4.74 Å². The largest absolute Gasteiger partial charge is 2.00 e. The van der Waals surface area contributed by atoms with E-state index in [0.29, 0.717) is 19.3 Å². The number of unbranched alkanes of at least 4 members (excludes halogenated alkanes) is 12. The Morgan fingerprint density at radius 2 is 1.24 bits per heavy atom. The molecule has 0 aliphatic heterocycles. The van der Waals surface area contributed by atoms with Gasteiger partial charge in [0, 0.05) is 12.4 Å². The summed E-state index contributed by atoms with van der Waals surface area (Å²) in [5.41, 5.74) is 0. The zero-order valence-corrected chi connectivity index (χ0v) is 23.9. The quantitative estimate of drug-likeness (QED) is 0.0965. The third-order valence-corrected chi connectivity index (χ3v) is 7.24. The third-order valence-electron chi connectivity index (χ3n) is 5.84. The van der Waals surface area contributed by atoms with Crippen molar-refractivity contribution in [2.24, 2.45) is 0 Å². The number of ether oxygens (including phenoxy) is 1. The van der Waals surface area contributed by atoms with Crippen LogP contribution in [0.25, 0.3) is 0 Å². The fourth-order valence-electron chi connectivity index (χ4n) is 3.94. The van der Waals surface area contributed by atoms with Crippen molar-refractivity contribution < 1.29 is 32.4 Å². The third kappa shape index (κ3) is 21.1. The summed E-state index contributed by atoms with van der Waals surface area (Å²) in [6.45, 7) is 3.85. The first-order valence-corrected chi connectivity index (χ1v) is 14.1. The van der Waals surface area contributed by atoms with E-state index >= 15 is 0 Å². The van der Waals surface area contributed by atoms with Crippen molar-refractivity contribution in [1.29, 1.82) is 0 Å². The summed E-state index contributed by atoms with van der Waals surface area (Å²) in [4.78, 5) is 22.7. The number of rotatable bonds is 22. The second-order valence-electron chi connectivity index (χ2n) is 8.75. The van der Waals surface area contributed by atoms with Crippen LogP contribution in [0.5, 0.6) is 0 Å². The van der Waals surface area contributed by atoms with Gasteiger partial charge in [0.2, 0.25) is 0 Å². The molecule has 0 aromatic carbocycles. The summed E-state index contributed by atoms with van der Waals surface area (Å²) >= 11 is 0. The number of carbonyl (C=O) groups is 2. The minimum atomic E-state index is -4.31. The Morgan fingerprint density at radius 3 is 1.70 bits per heavy atom. The Morgan fingerprint density at radius 1 is 0.788 bits per heavy atom. The van der Waals surface area contributed by atoms with Crippen LogP contribution in [0.15, 0.2) is 0 Å². The van der Waals surface area contributed by atoms with Gasteiger partial charge < -0.3 is 14.6 Å². The molecule has 2 atom stereocenters. The number of esters is 1. The number of hydrogen-bond acceptors (Lipinski definition) is 6. The number of carboxylic acids is 1. The monoisotopic (exact) mass is 517 g/mol. The van der Waals surface area contributed by atoms with Gasteiger partial charge in [-0.05, 0) is 38.5 Å². The van der Waals surface area contributed by atoms with Crippen LogP contribution in [0.2, 0.25) is 0 Å². The minimum Gasteiger partial charge on any atom is -0.550 e. The molecule has 0 heterocycles. The maximum absolute atomic E-state index is 12.3. The van der Waals surface area contributed by atoms with Crippen LogP contribution in [0.4, 0.5) is 0 Å². The Hall–Kier alpha value is 0.110. The summed E-state index contributed by atoms with van der Waals surface area (Å²) in [5.74, 6) is -1.46. The fourth-order valence-corrected chi connectivity index (χ4v) is 4.94. The van der Waals surface area contributed by atoms with Crippen LogP contribution in [-0.2, 0) is 24.4 Å². The molecule has 0 bridgehead atoms. The minimum absolute atomic E-state index is 0. The first kappa shape index (κ1) is 35.3. The standard InChI is InChI=1S/C24H46O7S.Ca/c1-3-5-6-7-8-9-10-14-17-20-24(27)31-21(22(4-2)32(28,29)30)18-15-12-11-13-16-19-23(25)26;/h21-22H,3-20H2,1-2H3,(H,25,26)(H,28,29,30);/q;+2/p-1. The Kier molecular flexibility index (Phi) is 24.1. The topological polar surface area (TPSA) is 121 Å². The van der Waals surface area contributed by atoms with Gasteiger partial charge in [-0.15, -0.1) is 0 Å². The van der Waals surface area contributed by atoms with Gasteiger partial charge in [0.05, 0.1) is 0 Å². The van der Waals surface area contributed by atoms with E-state index in [1.54, 1.807) is 6.92 Å². The molecular formula is C24H45CaO7S+. The van der Waals surface area contributed by atoms with Crippen molar-refractivity contribution in [2.45, 2.75) is 141 Å². The van der Waals surface area contributed by atoms with Crippen molar-refractivity contribution in [1.82, 2.24) is 0 Å². The molecule has 0 fully saturated rings. The second-order valence-corrected chi connectivity index (χ2v) is 10.4. The van der Waals surface area contributed by atoms with Crippen molar-refractivity contribution in [2.75, 3.05) is 0 Å². The van der Waals surface area contributed by atoms with E-state index in [2.05, 4.69) is 6.92 Å². The predicted molar refractivity (Wildman–Crippen MR) is 130 cm³/mol. The molecule has 0 aliphatic carbocycles. The van der Waals surface area contributed by atoms with Crippen LogP contribution in [-0.4, -0.2) is 74.0 Å². The van der Waals surface area contributed by atoms with Gasteiger partial charge in [-0.2, -0.15) is 8.42 Å². The summed E-state index contributed by atoms with van der Waals surface area (Å²) in [6.07, 6.45) is 13.8. The Labute approximate surface area is 231 Å². The summed E-state index contributed by atoms with van der Waals surface area (Å²) < 4.78 is 38.6. The Bertz CT molecular complexity index is 596. The van der Waals surface area contributed by atoms with Crippen molar-refractivity contribution in [3.05, 3.63) is 0 Å². The Balaban J connectivity index is 0. The van der Waals surface area contributed by atoms with Gasteiger partial charge in [0.15, 0.2) is 0 Å². The van der Waals surface area contributed by atoms with E-state index in [9.17, 15) is 27.7 Å². The van der Waals surface area contributed by atoms with E-state index in [1.165, 1.54) is 38.5 Å². The maximum atomic E-state index is 12.3. The molecule has 0 rings (SSSR count). The SMILES string of the molecule is CCCCCCCCCCCC(=O)OC(CCCCCCCC(=O)[O-])C(CC)S(=O)(=O)O.[Ca+2]. The predicted octanol–water partition coefficient (Wildman–Crippen LogP) is 4.59. The summed E-state index contributed by atoms with van der Waals surface area (Å²) in [5, 5.41) is 9.30. The molecule has 0 saturated heterocycles. The van der Waals surface area contributed by atoms with Gasteiger partial charge in [-0.3, -0.25) is 9.35 Å². The molecule has 0 saturated carbocycles. The van der Waals surface area contributed by atoms with E-state index in [1.807, 2.05) is 0 Å². The average Bonchev–Trinajstić information content (AvgIpc) is 2.70. The average molecular weight is 518 g/mol. The molecule has 190 valence electrons. The van der Waals surface area contributed by atoms with Crippen LogP contribution >= 0.6 is 0 Å². The zero-order valence-electron chi connectivity index (χ0n) is 20.9. The summed E-state index contributed by atoms with van der Waals surface area (Å²) in [6, 6.07) is 0. The van der Waals surface area contributed by atoms with Gasteiger partial charge in [0.25, 0.3) is 10.1 Å². The first-order valence-electron chi connectivity index (χ1n) is 12.6. The van der Waals surface area contributed by atoms with Crippen LogP contribution in [0.1, 0.15) is 129 Å². The molecular weight excluding hydrogens is 472 g/mol. The molecule has 2 unspecified atom stereocenters. The van der Waals surface area contributed by atoms with Crippen molar-refractivity contribution in [3.8, 4) is 0 Å². The maximum Gasteiger partial charge on any atom is 2.00 e. The van der Waals surface area contributed by atoms with E-state index in [-0.39, 0.29) is 57.0 Å². The molecule has 0 aromatic heterocycles.